The van der Waals surface area contributed by atoms with Crippen molar-refractivity contribution in [1.82, 2.24) is 0 Å². The molecule has 0 aliphatic rings. The fourth-order valence-corrected chi connectivity index (χ4v) is 5.38. The smallest absolute Gasteiger partial charge is 0.338 e. The molecule has 0 atom stereocenters. The highest BCUT2D eigenvalue weighted by Gasteiger charge is 2.36. The minimum Gasteiger partial charge on any atom is -0.392 e. The fourth-order valence-electron chi connectivity index (χ4n) is 1.79. The van der Waals surface area contributed by atoms with Crippen molar-refractivity contribution in [2.45, 2.75) is 78.7 Å². The summed E-state index contributed by atoms with van der Waals surface area (Å²) in [6.07, 6.45) is 3.01. The van der Waals surface area contributed by atoms with Crippen molar-refractivity contribution >= 4 is 8.56 Å². The van der Waals surface area contributed by atoms with Crippen molar-refractivity contribution < 1.29 is 8.85 Å². The van der Waals surface area contributed by atoms with Crippen LogP contribution < -0.4 is 0 Å². The topological polar surface area (TPSA) is 18.5 Å². The molecule has 0 aromatic heterocycles. The van der Waals surface area contributed by atoms with E-state index in [1.807, 2.05) is 0 Å². The zero-order chi connectivity index (χ0) is 11.9. The summed E-state index contributed by atoms with van der Waals surface area (Å²) in [4.78, 5) is 0. The first-order valence-electron chi connectivity index (χ1n) is 6.31. The summed E-state index contributed by atoms with van der Waals surface area (Å²) < 4.78 is 12.2. The van der Waals surface area contributed by atoms with Gasteiger partial charge in [0.25, 0.3) is 0 Å². The molecule has 0 saturated heterocycles. The fraction of sp³-hybridized carbons (Fsp3) is 1.00. The van der Waals surface area contributed by atoms with Crippen LogP contribution in [-0.2, 0) is 8.85 Å². The second-order valence-corrected chi connectivity index (χ2v) is 8.20. The van der Waals surface area contributed by atoms with Gasteiger partial charge in [0.1, 0.15) is 0 Å². The Hall–Kier alpha value is 0.137. The molecule has 0 amide bonds. The van der Waals surface area contributed by atoms with E-state index in [1.165, 1.54) is 12.8 Å². The van der Waals surface area contributed by atoms with Gasteiger partial charge >= 0.3 is 8.56 Å². The third kappa shape index (κ3) is 6.33. The molecule has 0 aliphatic carbocycles. The summed E-state index contributed by atoms with van der Waals surface area (Å²) in [6, 6.07) is 2.19. The molecule has 0 aromatic rings. The minimum absolute atomic E-state index is 0.284. The van der Waals surface area contributed by atoms with Crippen molar-refractivity contribution in [1.29, 1.82) is 0 Å². The second-order valence-electron chi connectivity index (χ2n) is 4.70. The SMILES string of the molecule is CCCC[Si](CC)(OC(C)C)OC(C)C. The molecule has 0 heterocycles. The Bertz CT molecular complexity index is 148. The minimum atomic E-state index is -1.92. The maximum atomic E-state index is 6.12. The maximum absolute atomic E-state index is 6.12. The number of unbranched alkanes of at least 4 members (excludes halogenated alkanes) is 1. The highest BCUT2D eigenvalue weighted by molar-refractivity contribution is 6.67. The summed E-state index contributed by atoms with van der Waals surface area (Å²) in [6.45, 7) is 12.8. The molecule has 0 radical (unpaired) electrons. The predicted molar refractivity (Wildman–Crippen MR) is 68.4 cm³/mol. The van der Waals surface area contributed by atoms with Crippen LogP contribution in [0.2, 0.25) is 12.1 Å². The van der Waals surface area contributed by atoms with E-state index >= 15 is 0 Å². The Balaban J connectivity index is 4.44. The number of hydrogen-bond donors (Lipinski definition) is 0. The first-order valence-corrected chi connectivity index (χ1v) is 8.54. The van der Waals surface area contributed by atoms with Gasteiger partial charge in [-0.2, -0.15) is 0 Å². The normalized spacial score (nSPS) is 12.8. The molecule has 0 bridgehead atoms. The molecule has 92 valence electrons. The molecule has 0 spiro atoms. The quantitative estimate of drug-likeness (QED) is 0.587. The summed E-state index contributed by atoms with van der Waals surface area (Å²) in [5, 5.41) is 0. The van der Waals surface area contributed by atoms with Crippen LogP contribution >= 0.6 is 0 Å². The van der Waals surface area contributed by atoms with E-state index in [-0.39, 0.29) is 12.2 Å². The highest BCUT2D eigenvalue weighted by atomic mass is 28.4. The van der Waals surface area contributed by atoms with Crippen molar-refractivity contribution in [3.8, 4) is 0 Å². The van der Waals surface area contributed by atoms with Gasteiger partial charge in [0.2, 0.25) is 0 Å². The zero-order valence-corrected chi connectivity index (χ0v) is 12.3. The average molecular weight is 232 g/mol. The van der Waals surface area contributed by atoms with Crippen molar-refractivity contribution in [2.75, 3.05) is 0 Å². The highest BCUT2D eigenvalue weighted by Crippen LogP contribution is 2.24. The summed E-state index contributed by atoms with van der Waals surface area (Å²) in [7, 11) is -1.92. The van der Waals surface area contributed by atoms with Crippen molar-refractivity contribution in [2.24, 2.45) is 0 Å². The monoisotopic (exact) mass is 232 g/mol. The van der Waals surface area contributed by atoms with Gasteiger partial charge in [-0.15, -0.1) is 0 Å². The molecule has 0 fully saturated rings. The van der Waals surface area contributed by atoms with E-state index in [1.54, 1.807) is 0 Å². The van der Waals surface area contributed by atoms with Crippen LogP contribution in [0.4, 0.5) is 0 Å². The molecule has 0 unspecified atom stereocenters. The molecule has 0 N–H and O–H groups in total. The lowest BCUT2D eigenvalue weighted by Crippen LogP contribution is -2.45. The van der Waals surface area contributed by atoms with E-state index in [0.717, 1.165) is 12.1 Å². The molecular formula is C12H28O2Si. The second kappa shape index (κ2) is 7.42. The van der Waals surface area contributed by atoms with Gasteiger partial charge in [-0.1, -0.05) is 26.7 Å². The van der Waals surface area contributed by atoms with Gasteiger partial charge in [0.05, 0.1) is 0 Å². The first-order chi connectivity index (χ1) is 6.95. The standard InChI is InChI=1S/C12H28O2Si/c1-7-9-10-15(8-2,13-11(3)4)14-12(5)6/h11-12H,7-10H2,1-6H3. The summed E-state index contributed by atoms with van der Waals surface area (Å²) in [5.74, 6) is 0. The van der Waals surface area contributed by atoms with Gasteiger partial charge < -0.3 is 8.85 Å². The molecule has 0 rings (SSSR count). The Kier molecular flexibility index (Phi) is 7.48. The first kappa shape index (κ1) is 15.1. The van der Waals surface area contributed by atoms with Gasteiger partial charge in [0, 0.05) is 12.2 Å². The van der Waals surface area contributed by atoms with Gasteiger partial charge in [0.15, 0.2) is 0 Å². The van der Waals surface area contributed by atoms with E-state index in [2.05, 4.69) is 41.5 Å². The molecule has 2 nitrogen and oxygen atoms in total. The largest absolute Gasteiger partial charge is 0.392 e. The van der Waals surface area contributed by atoms with Crippen molar-refractivity contribution in [3.05, 3.63) is 0 Å². The van der Waals surface area contributed by atoms with Crippen LogP contribution in [0, 0.1) is 0 Å². The predicted octanol–water partition coefficient (Wildman–Crippen LogP) is 4.10. The Morgan fingerprint density at radius 3 is 1.67 bits per heavy atom. The van der Waals surface area contributed by atoms with Gasteiger partial charge in [-0.05, 0) is 39.8 Å². The van der Waals surface area contributed by atoms with Crippen LogP contribution in [-0.4, -0.2) is 20.8 Å². The molecule has 0 aliphatic heterocycles. The molecule has 0 saturated carbocycles. The van der Waals surface area contributed by atoms with E-state index in [4.69, 9.17) is 8.85 Å². The van der Waals surface area contributed by atoms with Gasteiger partial charge in [-0.25, -0.2) is 0 Å². The Morgan fingerprint density at radius 2 is 1.40 bits per heavy atom. The maximum Gasteiger partial charge on any atom is 0.338 e. The van der Waals surface area contributed by atoms with Crippen LogP contribution in [0.25, 0.3) is 0 Å². The number of hydrogen-bond acceptors (Lipinski definition) is 2. The third-order valence-corrected chi connectivity index (χ3v) is 6.35. The molecule has 15 heavy (non-hydrogen) atoms. The Labute approximate surface area is 96.6 Å². The van der Waals surface area contributed by atoms with E-state index in [0.29, 0.717) is 0 Å². The lowest BCUT2D eigenvalue weighted by atomic mass is 10.4. The molecule has 3 heteroatoms. The average Bonchev–Trinajstić information content (AvgIpc) is 2.12. The molecule has 0 aromatic carbocycles. The van der Waals surface area contributed by atoms with Crippen LogP contribution in [0.15, 0.2) is 0 Å². The Morgan fingerprint density at radius 1 is 0.933 bits per heavy atom. The summed E-state index contributed by atoms with van der Waals surface area (Å²) >= 11 is 0. The van der Waals surface area contributed by atoms with Crippen molar-refractivity contribution in [3.63, 3.8) is 0 Å². The van der Waals surface area contributed by atoms with Crippen LogP contribution in [0.5, 0.6) is 0 Å². The molecular weight excluding hydrogens is 204 g/mol. The van der Waals surface area contributed by atoms with E-state index < -0.39 is 8.56 Å². The lowest BCUT2D eigenvalue weighted by Gasteiger charge is -2.33. The third-order valence-electron chi connectivity index (χ3n) is 2.35. The lowest BCUT2D eigenvalue weighted by molar-refractivity contribution is 0.104. The van der Waals surface area contributed by atoms with Gasteiger partial charge in [-0.3, -0.25) is 0 Å². The zero-order valence-electron chi connectivity index (χ0n) is 11.3. The summed E-state index contributed by atoms with van der Waals surface area (Å²) in [5.41, 5.74) is 0. The van der Waals surface area contributed by atoms with Crippen LogP contribution in [0.3, 0.4) is 0 Å². The van der Waals surface area contributed by atoms with E-state index in [9.17, 15) is 0 Å². The number of rotatable bonds is 8. The van der Waals surface area contributed by atoms with Crippen LogP contribution in [0.1, 0.15) is 54.4 Å².